The highest BCUT2D eigenvalue weighted by Crippen LogP contribution is 2.35. The third-order valence-electron chi connectivity index (χ3n) is 4.09. The van der Waals surface area contributed by atoms with E-state index < -0.39 is 0 Å². The first-order chi connectivity index (χ1) is 9.74. The molecule has 2 rings (SSSR count). The second-order valence-corrected chi connectivity index (χ2v) is 5.74. The standard InChI is InChI=1S/C16H24N2O2/c19-13-16(9-5-2-6-10-16)12-17-11-15(20)18-14-7-3-1-4-8-14/h1,3-4,7-8,17,19H,2,5-6,9-13H2,(H,18,20). The molecule has 0 saturated heterocycles. The van der Waals surface area contributed by atoms with Crippen molar-refractivity contribution in [3.63, 3.8) is 0 Å². The zero-order valence-corrected chi connectivity index (χ0v) is 11.9. The Kier molecular flexibility index (Phi) is 5.56. The van der Waals surface area contributed by atoms with Gasteiger partial charge in [0.15, 0.2) is 0 Å². The molecule has 0 unspecified atom stereocenters. The Labute approximate surface area is 120 Å². The molecule has 1 saturated carbocycles. The van der Waals surface area contributed by atoms with Crippen molar-refractivity contribution in [2.75, 3.05) is 25.0 Å². The number of nitrogens with one attached hydrogen (secondary N) is 2. The zero-order chi connectivity index (χ0) is 14.3. The van der Waals surface area contributed by atoms with Crippen LogP contribution in [0.25, 0.3) is 0 Å². The second-order valence-electron chi connectivity index (χ2n) is 5.74. The first-order valence-electron chi connectivity index (χ1n) is 7.41. The Bertz CT molecular complexity index is 414. The van der Waals surface area contributed by atoms with Crippen molar-refractivity contribution in [1.29, 1.82) is 0 Å². The van der Waals surface area contributed by atoms with Crippen LogP contribution in [-0.4, -0.2) is 30.7 Å². The molecule has 1 amide bonds. The van der Waals surface area contributed by atoms with Gasteiger partial charge in [-0.1, -0.05) is 37.5 Å². The highest BCUT2D eigenvalue weighted by Gasteiger charge is 2.30. The fourth-order valence-corrected chi connectivity index (χ4v) is 2.86. The minimum absolute atomic E-state index is 0.0225. The fraction of sp³-hybridized carbons (Fsp3) is 0.562. The lowest BCUT2D eigenvalue weighted by molar-refractivity contribution is -0.115. The molecule has 1 fully saturated rings. The summed E-state index contributed by atoms with van der Waals surface area (Å²) in [5.41, 5.74) is 0.791. The highest BCUT2D eigenvalue weighted by atomic mass is 16.3. The summed E-state index contributed by atoms with van der Waals surface area (Å²) in [7, 11) is 0. The Hall–Kier alpha value is -1.39. The molecule has 1 aliphatic carbocycles. The molecule has 1 aromatic rings. The fourth-order valence-electron chi connectivity index (χ4n) is 2.86. The average molecular weight is 276 g/mol. The van der Waals surface area contributed by atoms with Crippen molar-refractivity contribution in [3.8, 4) is 0 Å². The summed E-state index contributed by atoms with van der Waals surface area (Å²) in [6.07, 6.45) is 5.72. The zero-order valence-electron chi connectivity index (χ0n) is 11.9. The van der Waals surface area contributed by atoms with Crippen LogP contribution in [0.2, 0.25) is 0 Å². The molecule has 0 heterocycles. The van der Waals surface area contributed by atoms with E-state index in [0.717, 1.165) is 18.5 Å². The van der Waals surface area contributed by atoms with Crippen molar-refractivity contribution >= 4 is 11.6 Å². The highest BCUT2D eigenvalue weighted by molar-refractivity contribution is 5.92. The SMILES string of the molecule is O=C(CNCC1(CO)CCCCC1)Nc1ccccc1. The van der Waals surface area contributed by atoms with E-state index in [0.29, 0.717) is 6.54 Å². The van der Waals surface area contributed by atoms with Crippen LogP contribution in [0.4, 0.5) is 5.69 Å². The van der Waals surface area contributed by atoms with Crippen molar-refractivity contribution in [2.45, 2.75) is 32.1 Å². The second kappa shape index (κ2) is 7.41. The van der Waals surface area contributed by atoms with Gasteiger partial charge in [-0.3, -0.25) is 4.79 Å². The lowest BCUT2D eigenvalue weighted by atomic mass is 9.74. The van der Waals surface area contributed by atoms with Crippen molar-refractivity contribution in [1.82, 2.24) is 5.32 Å². The summed E-state index contributed by atoms with van der Waals surface area (Å²) >= 11 is 0. The van der Waals surface area contributed by atoms with Crippen LogP contribution in [0.3, 0.4) is 0 Å². The predicted octanol–water partition coefficient (Wildman–Crippen LogP) is 2.16. The molecule has 0 atom stereocenters. The van der Waals surface area contributed by atoms with E-state index in [9.17, 15) is 9.90 Å². The topological polar surface area (TPSA) is 61.4 Å². The van der Waals surface area contributed by atoms with E-state index in [1.165, 1.54) is 19.3 Å². The number of aliphatic hydroxyl groups excluding tert-OH is 1. The van der Waals surface area contributed by atoms with Crippen molar-refractivity contribution < 1.29 is 9.90 Å². The van der Waals surface area contributed by atoms with Crippen LogP contribution in [0.5, 0.6) is 0 Å². The lowest BCUT2D eigenvalue weighted by Crippen LogP contribution is -2.41. The van der Waals surface area contributed by atoms with Crippen LogP contribution in [0.15, 0.2) is 30.3 Å². The molecule has 0 spiro atoms. The predicted molar refractivity (Wildman–Crippen MR) is 80.5 cm³/mol. The van der Waals surface area contributed by atoms with Crippen molar-refractivity contribution in [2.24, 2.45) is 5.41 Å². The Morgan fingerprint density at radius 1 is 1.15 bits per heavy atom. The van der Waals surface area contributed by atoms with Gasteiger partial charge in [0.2, 0.25) is 5.91 Å². The minimum Gasteiger partial charge on any atom is -0.396 e. The molecule has 4 heteroatoms. The number of rotatable bonds is 6. The lowest BCUT2D eigenvalue weighted by Gasteiger charge is -2.35. The van der Waals surface area contributed by atoms with Gasteiger partial charge in [-0.05, 0) is 25.0 Å². The summed E-state index contributed by atoms with van der Waals surface area (Å²) in [6, 6.07) is 9.45. The summed E-state index contributed by atoms with van der Waals surface area (Å²) in [4.78, 5) is 11.8. The van der Waals surface area contributed by atoms with E-state index in [2.05, 4.69) is 10.6 Å². The Balaban J connectivity index is 1.73. The smallest absolute Gasteiger partial charge is 0.238 e. The molecule has 110 valence electrons. The third-order valence-corrected chi connectivity index (χ3v) is 4.09. The molecule has 0 bridgehead atoms. The van der Waals surface area contributed by atoms with Gasteiger partial charge < -0.3 is 15.7 Å². The number of carbonyl (C=O) groups excluding carboxylic acids is 1. The minimum atomic E-state index is -0.0416. The van der Waals surface area contributed by atoms with E-state index in [1.54, 1.807) is 0 Å². The third kappa shape index (κ3) is 4.32. The number of aliphatic hydroxyl groups is 1. The maximum atomic E-state index is 11.8. The number of hydrogen-bond acceptors (Lipinski definition) is 3. The normalized spacial score (nSPS) is 17.6. The molecule has 4 nitrogen and oxygen atoms in total. The quantitative estimate of drug-likeness (QED) is 0.746. The van der Waals surface area contributed by atoms with Crippen LogP contribution >= 0.6 is 0 Å². The number of hydrogen-bond donors (Lipinski definition) is 3. The van der Waals surface area contributed by atoms with E-state index in [4.69, 9.17) is 0 Å². The Morgan fingerprint density at radius 2 is 1.85 bits per heavy atom. The van der Waals surface area contributed by atoms with Crippen LogP contribution < -0.4 is 10.6 Å². The van der Waals surface area contributed by atoms with Gasteiger partial charge in [-0.25, -0.2) is 0 Å². The molecule has 20 heavy (non-hydrogen) atoms. The van der Waals surface area contributed by atoms with Gasteiger partial charge in [0, 0.05) is 24.3 Å². The monoisotopic (exact) mass is 276 g/mol. The number of anilines is 1. The van der Waals surface area contributed by atoms with Crippen LogP contribution in [-0.2, 0) is 4.79 Å². The molecule has 1 aliphatic rings. The van der Waals surface area contributed by atoms with E-state index >= 15 is 0 Å². The number of para-hydroxylation sites is 1. The van der Waals surface area contributed by atoms with E-state index in [-0.39, 0.29) is 24.5 Å². The summed E-state index contributed by atoms with van der Waals surface area (Å²) in [5, 5.41) is 15.6. The van der Waals surface area contributed by atoms with Gasteiger partial charge in [0.25, 0.3) is 0 Å². The maximum Gasteiger partial charge on any atom is 0.238 e. The molecule has 0 radical (unpaired) electrons. The Morgan fingerprint density at radius 3 is 2.50 bits per heavy atom. The van der Waals surface area contributed by atoms with Gasteiger partial charge in [-0.15, -0.1) is 0 Å². The number of amides is 1. The molecule has 1 aromatic carbocycles. The van der Waals surface area contributed by atoms with Crippen molar-refractivity contribution in [3.05, 3.63) is 30.3 Å². The maximum absolute atomic E-state index is 11.8. The molecular weight excluding hydrogens is 252 g/mol. The van der Waals surface area contributed by atoms with E-state index in [1.807, 2.05) is 30.3 Å². The van der Waals surface area contributed by atoms with Gasteiger partial charge in [-0.2, -0.15) is 0 Å². The van der Waals surface area contributed by atoms with Crippen LogP contribution in [0, 0.1) is 5.41 Å². The summed E-state index contributed by atoms with van der Waals surface area (Å²) < 4.78 is 0. The molecular formula is C16H24N2O2. The average Bonchev–Trinajstić information content (AvgIpc) is 2.49. The van der Waals surface area contributed by atoms with Gasteiger partial charge in [0.05, 0.1) is 6.54 Å². The largest absolute Gasteiger partial charge is 0.396 e. The summed E-state index contributed by atoms with van der Waals surface area (Å²) in [5.74, 6) is -0.0416. The number of carbonyl (C=O) groups is 1. The first kappa shape index (κ1) is 15.0. The first-order valence-corrected chi connectivity index (χ1v) is 7.41. The van der Waals surface area contributed by atoms with Crippen LogP contribution in [0.1, 0.15) is 32.1 Å². The number of benzene rings is 1. The molecule has 0 aliphatic heterocycles. The molecule has 3 N–H and O–H groups in total. The molecule has 0 aromatic heterocycles. The summed E-state index contributed by atoms with van der Waals surface area (Å²) in [6.45, 7) is 1.21. The van der Waals surface area contributed by atoms with Gasteiger partial charge in [0.1, 0.15) is 0 Å². The van der Waals surface area contributed by atoms with Gasteiger partial charge >= 0.3 is 0 Å².